The zero-order chi connectivity index (χ0) is 13.1. The molecule has 1 aromatic carbocycles. The Morgan fingerprint density at radius 2 is 2.28 bits per heavy atom. The summed E-state index contributed by atoms with van der Waals surface area (Å²) in [6.07, 6.45) is 3.19. The average Bonchev–Trinajstić information content (AvgIpc) is 2.81. The van der Waals surface area contributed by atoms with E-state index in [0.717, 1.165) is 0 Å². The van der Waals surface area contributed by atoms with E-state index < -0.39 is 16.6 Å². The summed E-state index contributed by atoms with van der Waals surface area (Å²) in [6, 6.07) is 3.94. The molecule has 0 fully saturated rings. The minimum absolute atomic E-state index is 0.330. The first kappa shape index (κ1) is 12.1. The molecule has 0 amide bonds. The number of aromatic amines is 1. The van der Waals surface area contributed by atoms with Crippen molar-refractivity contribution in [3.8, 4) is 0 Å². The number of nitrogens with one attached hydrogen (secondary N) is 1. The van der Waals surface area contributed by atoms with E-state index in [2.05, 4.69) is 9.97 Å². The van der Waals surface area contributed by atoms with Gasteiger partial charge in [0.05, 0.1) is 4.92 Å². The summed E-state index contributed by atoms with van der Waals surface area (Å²) in [5.41, 5.74) is -0.761. The number of aromatic nitrogens is 2. The van der Waals surface area contributed by atoms with Gasteiger partial charge in [0.1, 0.15) is 5.56 Å². The molecule has 7 nitrogen and oxygen atoms in total. The first-order chi connectivity index (χ1) is 8.58. The summed E-state index contributed by atoms with van der Waals surface area (Å²) in [6.45, 7) is 0. The number of nitro benzene ring substituents is 1. The van der Waals surface area contributed by atoms with Crippen molar-refractivity contribution in [1.29, 1.82) is 0 Å². The van der Waals surface area contributed by atoms with Crippen molar-refractivity contribution in [3.05, 3.63) is 46.3 Å². The Morgan fingerprint density at radius 1 is 1.50 bits per heavy atom. The van der Waals surface area contributed by atoms with Crippen LogP contribution in [0.3, 0.4) is 0 Å². The lowest BCUT2D eigenvalue weighted by atomic mass is 10.2. The minimum Gasteiger partial charge on any atom is -0.477 e. The summed E-state index contributed by atoms with van der Waals surface area (Å²) < 4.78 is 0. The highest BCUT2D eigenvalue weighted by atomic mass is 32.2. The monoisotopic (exact) mass is 265 g/mol. The Morgan fingerprint density at radius 3 is 2.83 bits per heavy atom. The van der Waals surface area contributed by atoms with Gasteiger partial charge in [-0.1, -0.05) is 11.8 Å². The van der Waals surface area contributed by atoms with Crippen LogP contribution in [0, 0.1) is 10.1 Å². The van der Waals surface area contributed by atoms with Crippen LogP contribution in [0.2, 0.25) is 0 Å². The second kappa shape index (κ2) is 4.88. The van der Waals surface area contributed by atoms with Gasteiger partial charge in [-0.05, 0) is 12.1 Å². The third-order valence-electron chi connectivity index (χ3n) is 2.08. The van der Waals surface area contributed by atoms with Crippen molar-refractivity contribution in [2.24, 2.45) is 0 Å². The third-order valence-corrected chi connectivity index (χ3v) is 2.99. The number of carboxylic acids is 1. The van der Waals surface area contributed by atoms with Crippen LogP contribution < -0.4 is 0 Å². The number of H-pyrrole nitrogens is 1. The molecule has 2 aromatic rings. The van der Waals surface area contributed by atoms with Gasteiger partial charge >= 0.3 is 5.97 Å². The fourth-order valence-corrected chi connectivity index (χ4v) is 2.10. The Hall–Kier alpha value is -2.35. The van der Waals surface area contributed by atoms with Gasteiger partial charge in [-0.3, -0.25) is 10.1 Å². The Bertz CT molecular complexity index is 597. The van der Waals surface area contributed by atoms with Gasteiger partial charge in [-0.2, -0.15) is 0 Å². The zero-order valence-electron chi connectivity index (χ0n) is 8.86. The molecular weight excluding hydrogens is 258 g/mol. The highest BCUT2D eigenvalue weighted by Crippen LogP contribution is 2.29. The highest BCUT2D eigenvalue weighted by molar-refractivity contribution is 7.99. The Labute approximate surface area is 105 Å². The van der Waals surface area contributed by atoms with Gasteiger partial charge in [0.2, 0.25) is 0 Å². The summed E-state index contributed by atoms with van der Waals surface area (Å²) in [4.78, 5) is 28.2. The minimum atomic E-state index is -1.32. The third kappa shape index (κ3) is 2.48. The van der Waals surface area contributed by atoms with Gasteiger partial charge in [0.15, 0.2) is 5.16 Å². The molecule has 92 valence electrons. The predicted octanol–water partition coefficient (Wildman–Crippen LogP) is 2.17. The summed E-state index contributed by atoms with van der Waals surface area (Å²) in [5.74, 6) is -1.32. The van der Waals surface area contributed by atoms with Crippen molar-refractivity contribution in [1.82, 2.24) is 9.97 Å². The fourth-order valence-electron chi connectivity index (χ4n) is 1.33. The Balaban J connectivity index is 2.37. The average molecular weight is 265 g/mol. The van der Waals surface area contributed by atoms with Crippen LogP contribution in [-0.2, 0) is 0 Å². The maximum Gasteiger partial charge on any atom is 0.342 e. The van der Waals surface area contributed by atoms with Gasteiger partial charge in [-0.15, -0.1) is 0 Å². The van der Waals surface area contributed by atoms with Gasteiger partial charge < -0.3 is 10.1 Å². The first-order valence-corrected chi connectivity index (χ1v) is 5.58. The van der Waals surface area contributed by atoms with Gasteiger partial charge in [-0.25, -0.2) is 9.78 Å². The number of carboxylic acid groups (broad SMARTS) is 1. The maximum absolute atomic E-state index is 10.8. The van der Waals surface area contributed by atoms with E-state index in [1.807, 2.05) is 0 Å². The lowest BCUT2D eigenvalue weighted by Gasteiger charge is -2.01. The van der Waals surface area contributed by atoms with E-state index in [9.17, 15) is 14.9 Å². The molecule has 0 saturated carbocycles. The lowest BCUT2D eigenvalue weighted by Crippen LogP contribution is -2.02. The molecule has 1 aromatic heterocycles. The van der Waals surface area contributed by atoms with Crippen molar-refractivity contribution in [3.63, 3.8) is 0 Å². The van der Waals surface area contributed by atoms with E-state index >= 15 is 0 Å². The number of nitrogens with zero attached hydrogens (tertiary/aromatic N) is 2. The topological polar surface area (TPSA) is 109 Å². The van der Waals surface area contributed by atoms with E-state index in [1.54, 1.807) is 12.4 Å². The number of hydrogen-bond donors (Lipinski definition) is 2. The van der Waals surface area contributed by atoms with E-state index in [1.165, 1.54) is 30.0 Å². The quantitative estimate of drug-likeness (QED) is 0.647. The standard InChI is InChI=1S/C10H7N3O4S/c14-9(15)7-2-1-6(5-8(7)13(16)17)18-10-11-3-4-12-10/h1-5H,(H,11,12)(H,14,15). The molecule has 2 N–H and O–H groups in total. The van der Waals surface area contributed by atoms with Crippen LogP contribution in [0.15, 0.2) is 40.6 Å². The molecule has 0 aliphatic heterocycles. The highest BCUT2D eigenvalue weighted by Gasteiger charge is 2.20. The van der Waals surface area contributed by atoms with E-state index in [0.29, 0.717) is 10.1 Å². The molecule has 0 bridgehead atoms. The molecule has 8 heteroatoms. The smallest absolute Gasteiger partial charge is 0.342 e. The van der Waals surface area contributed by atoms with E-state index in [-0.39, 0.29) is 5.56 Å². The number of benzene rings is 1. The van der Waals surface area contributed by atoms with Crippen molar-refractivity contribution >= 4 is 23.4 Å². The SMILES string of the molecule is O=C(O)c1ccc(Sc2ncc[nH]2)cc1[N+](=O)[O-]. The molecule has 0 atom stereocenters. The zero-order valence-corrected chi connectivity index (χ0v) is 9.68. The second-order valence-corrected chi connectivity index (χ2v) is 4.30. The molecular formula is C10H7N3O4S. The summed E-state index contributed by atoms with van der Waals surface area (Å²) >= 11 is 1.18. The second-order valence-electron chi connectivity index (χ2n) is 3.24. The molecule has 0 aliphatic rings. The van der Waals surface area contributed by atoms with Crippen LogP contribution in [0.25, 0.3) is 0 Å². The van der Waals surface area contributed by atoms with Gasteiger partial charge in [0.25, 0.3) is 5.69 Å². The van der Waals surface area contributed by atoms with Crippen LogP contribution >= 0.6 is 11.8 Å². The molecule has 1 heterocycles. The molecule has 0 unspecified atom stereocenters. The molecule has 0 spiro atoms. The van der Waals surface area contributed by atoms with Crippen molar-refractivity contribution < 1.29 is 14.8 Å². The largest absolute Gasteiger partial charge is 0.477 e. The number of rotatable bonds is 4. The molecule has 18 heavy (non-hydrogen) atoms. The predicted molar refractivity (Wildman–Crippen MR) is 62.8 cm³/mol. The van der Waals surface area contributed by atoms with Crippen LogP contribution in [-0.4, -0.2) is 26.0 Å². The Kier molecular flexibility index (Phi) is 3.28. The maximum atomic E-state index is 10.8. The van der Waals surface area contributed by atoms with Gasteiger partial charge in [0, 0.05) is 23.4 Å². The summed E-state index contributed by atoms with van der Waals surface area (Å²) in [5, 5.41) is 20.2. The number of carbonyl (C=O) groups is 1. The first-order valence-electron chi connectivity index (χ1n) is 4.77. The lowest BCUT2D eigenvalue weighted by molar-refractivity contribution is -0.385. The number of nitro groups is 1. The number of aromatic carboxylic acids is 1. The summed E-state index contributed by atoms with van der Waals surface area (Å²) in [7, 11) is 0. The van der Waals surface area contributed by atoms with E-state index in [4.69, 9.17) is 5.11 Å². The van der Waals surface area contributed by atoms with Crippen molar-refractivity contribution in [2.45, 2.75) is 10.1 Å². The van der Waals surface area contributed by atoms with Crippen molar-refractivity contribution in [2.75, 3.05) is 0 Å². The van der Waals surface area contributed by atoms with Crippen LogP contribution in [0.5, 0.6) is 0 Å². The normalized spacial score (nSPS) is 10.2. The fraction of sp³-hybridized carbons (Fsp3) is 0. The molecule has 2 rings (SSSR count). The molecule has 0 radical (unpaired) electrons. The number of imidazole rings is 1. The van der Waals surface area contributed by atoms with Crippen LogP contribution in [0.4, 0.5) is 5.69 Å². The molecule has 0 saturated heterocycles. The molecule has 0 aliphatic carbocycles. The van der Waals surface area contributed by atoms with Crippen LogP contribution in [0.1, 0.15) is 10.4 Å². The number of hydrogen-bond acceptors (Lipinski definition) is 5.